The number of nitrogens with one attached hydrogen (secondary N) is 1. The molecular weight excluding hydrogens is 262 g/mol. The van der Waals surface area contributed by atoms with Crippen molar-refractivity contribution in [3.05, 3.63) is 29.8 Å². The Bertz CT molecular complexity index is 377. The second-order valence-electron chi connectivity index (χ2n) is 6.28. The van der Waals surface area contributed by atoms with Gasteiger partial charge in [0.25, 0.3) is 0 Å². The Hall–Kier alpha value is -1.06. The summed E-state index contributed by atoms with van der Waals surface area (Å²) in [6.07, 6.45) is 1.11. The minimum absolute atomic E-state index is 0.610. The molecule has 21 heavy (non-hydrogen) atoms. The predicted molar refractivity (Wildman–Crippen MR) is 88.8 cm³/mol. The van der Waals surface area contributed by atoms with E-state index in [1.165, 1.54) is 5.56 Å². The summed E-state index contributed by atoms with van der Waals surface area (Å²) in [6.45, 7) is 12.8. The van der Waals surface area contributed by atoms with Crippen molar-refractivity contribution in [1.82, 2.24) is 5.32 Å². The van der Waals surface area contributed by atoms with Gasteiger partial charge in [-0.05, 0) is 30.9 Å². The van der Waals surface area contributed by atoms with Crippen molar-refractivity contribution in [3.63, 3.8) is 0 Å². The van der Waals surface area contributed by atoms with E-state index in [9.17, 15) is 0 Å². The lowest BCUT2D eigenvalue weighted by Crippen LogP contribution is -2.19. The van der Waals surface area contributed by atoms with Crippen molar-refractivity contribution in [2.75, 3.05) is 26.4 Å². The molecule has 1 aromatic carbocycles. The highest BCUT2D eigenvalue weighted by atomic mass is 16.5. The molecular formula is C18H31NO2. The Labute approximate surface area is 130 Å². The molecule has 0 radical (unpaired) electrons. The van der Waals surface area contributed by atoms with Crippen LogP contribution in [0, 0.1) is 11.8 Å². The Morgan fingerprint density at radius 2 is 1.71 bits per heavy atom. The van der Waals surface area contributed by atoms with Gasteiger partial charge in [-0.3, -0.25) is 0 Å². The van der Waals surface area contributed by atoms with E-state index < -0.39 is 0 Å². The molecule has 1 rings (SSSR count). The highest BCUT2D eigenvalue weighted by Crippen LogP contribution is 2.17. The van der Waals surface area contributed by atoms with Crippen LogP contribution in [-0.2, 0) is 11.3 Å². The minimum Gasteiger partial charge on any atom is -0.491 e. The SMILES string of the molecule is CC(C)CCOCCOc1ccccc1CNCC(C)C. The molecule has 0 saturated carbocycles. The van der Waals surface area contributed by atoms with Gasteiger partial charge in [0.1, 0.15) is 12.4 Å². The molecule has 0 atom stereocenters. The van der Waals surface area contributed by atoms with E-state index in [1.807, 2.05) is 12.1 Å². The van der Waals surface area contributed by atoms with Crippen LogP contribution in [0.25, 0.3) is 0 Å². The summed E-state index contributed by atoms with van der Waals surface area (Å²) in [5, 5.41) is 3.45. The molecule has 0 saturated heterocycles. The maximum atomic E-state index is 5.84. The monoisotopic (exact) mass is 293 g/mol. The first-order valence-electron chi connectivity index (χ1n) is 8.08. The smallest absolute Gasteiger partial charge is 0.123 e. The first-order chi connectivity index (χ1) is 10.1. The van der Waals surface area contributed by atoms with Crippen LogP contribution in [0.4, 0.5) is 0 Å². The van der Waals surface area contributed by atoms with E-state index >= 15 is 0 Å². The molecule has 3 nitrogen and oxygen atoms in total. The highest BCUT2D eigenvalue weighted by Gasteiger charge is 2.03. The quantitative estimate of drug-likeness (QED) is 0.628. The third kappa shape index (κ3) is 8.74. The summed E-state index contributed by atoms with van der Waals surface area (Å²) in [7, 11) is 0. The molecule has 0 spiro atoms. The third-order valence-electron chi connectivity index (χ3n) is 3.17. The van der Waals surface area contributed by atoms with Crippen molar-refractivity contribution in [2.24, 2.45) is 11.8 Å². The van der Waals surface area contributed by atoms with Crippen molar-refractivity contribution in [1.29, 1.82) is 0 Å². The van der Waals surface area contributed by atoms with Gasteiger partial charge in [0, 0.05) is 18.7 Å². The number of para-hydroxylation sites is 1. The van der Waals surface area contributed by atoms with Crippen LogP contribution >= 0.6 is 0 Å². The molecule has 0 aliphatic rings. The predicted octanol–water partition coefficient (Wildman–Crippen LogP) is 3.87. The van der Waals surface area contributed by atoms with Gasteiger partial charge >= 0.3 is 0 Å². The lowest BCUT2D eigenvalue weighted by atomic mass is 10.1. The number of ether oxygens (including phenoxy) is 2. The second kappa shape index (κ2) is 10.6. The number of hydrogen-bond donors (Lipinski definition) is 1. The summed E-state index contributed by atoms with van der Waals surface area (Å²) in [5.41, 5.74) is 1.21. The zero-order valence-corrected chi connectivity index (χ0v) is 14.0. The van der Waals surface area contributed by atoms with E-state index in [4.69, 9.17) is 9.47 Å². The molecule has 0 aliphatic carbocycles. The summed E-state index contributed by atoms with van der Waals surface area (Å²) >= 11 is 0. The van der Waals surface area contributed by atoms with E-state index in [0.29, 0.717) is 25.0 Å². The fourth-order valence-electron chi connectivity index (χ4n) is 1.92. The van der Waals surface area contributed by atoms with Gasteiger partial charge in [0.05, 0.1) is 6.61 Å². The van der Waals surface area contributed by atoms with Gasteiger partial charge in [-0.15, -0.1) is 0 Å². The van der Waals surface area contributed by atoms with Crippen molar-refractivity contribution < 1.29 is 9.47 Å². The van der Waals surface area contributed by atoms with Crippen LogP contribution in [0.2, 0.25) is 0 Å². The maximum Gasteiger partial charge on any atom is 0.123 e. The molecule has 3 heteroatoms. The van der Waals surface area contributed by atoms with Gasteiger partial charge in [-0.2, -0.15) is 0 Å². The lowest BCUT2D eigenvalue weighted by molar-refractivity contribution is 0.0922. The molecule has 0 aliphatic heterocycles. The summed E-state index contributed by atoms with van der Waals surface area (Å²) in [4.78, 5) is 0. The largest absolute Gasteiger partial charge is 0.491 e. The van der Waals surface area contributed by atoms with E-state index in [-0.39, 0.29) is 0 Å². The Morgan fingerprint density at radius 3 is 2.43 bits per heavy atom. The fourth-order valence-corrected chi connectivity index (χ4v) is 1.92. The van der Waals surface area contributed by atoms with E-state index in [1.54, 1.807) is 0 Å². The summed E-state index contributed by atoms with van der Waals surface area (Å²) in [6, 6.07) is 8.21. The standard InChI is InChI=1S/C18H31NO2/c1-15(2)9-10-20-11-12-21-18-8-6-5-7-17(18)14-19-13-16(3)4/h5-8,15-16,19H,9-14H2,1-4H3. The molecule has 1 N–H and O–H groups in total. The van der Waals surface area contributed by atoms with Gasteiger partial charge < -0.3 is 14.8 Å². The van der Waals surface area contributed by atoms with Gasteiger partial charge in [-0.25, -0.2) is 0 Å². The molecule has 0 aromatic heterocycles. The molecule has 0 fully saturated rings. The van der Waals surface area contributed by atoms with Crippen molar-refractivity contribution in [2.45, 2.75) is 40.7 Å². The molecule has 0 heterocycles. The highest BCUT2D eigenvalue weighted by molar-refractivity contribution is 5.33. The lowest BCUT2D eigenvalue weighted by Gasteiger charge is -2.13. The maximum absolute atomic E-state index is 5.84. The van der Waals surface area contributed by atoms with E-state index in [0.717, 1.165) is 31.9 Å². The first-order valence-corrected chi connectivity index (χ1v) is 8.08. The van der Waals surface area contributed by atoms with Crippen molar-refractivity contribution in [3.8, 4) is 5.75 Å². The topological polar surface area (TPSA) is 30.5 Å². The zero-order valence-electron chi connectivity index (χ0n) is 14.0. The first kappa shape index (κ1) is 18.0. The molecule has 0 amide bonds. The van der Waals surface area contributed by atoms with Gasteiger partial charge in [0.15, 0.2) is 0 Å². The molecule has 120 valence electrons. The number of benzene rings is 1. The Balaban J connectivity index is 2.27. The molecule has 0 unspecified atom stereocenters. The normalized spacial score (nSPS) is 11.3. The average Bonchev–Trinajstić information content (AvgIpc) is 2.43. The Morgan fingerprint density at radius 1 is 0.952 bits per heavy atom. The third-order valence-corrected chi connectivity index (χ3v) is 3.17. The number of rotatable bonds is 11. The van der Waals surface area contributed by atoms with Crippen LogP contribution in [0.5, 0.6) is 5.75 Å². The van der Waals surface area contributed by atoms with Gasteiger partial charge in [-0.1, -0.05) is 45.9 Å². The fraction of sp³-hybridized carbons (Fsp3) is 0.667. The van der Waals surface area contributed by atoms with E-state index in [2.05, 4.69) is 45.1 Å². The Kier molecular flexibility index (Phi) is 9.11. The average molecular weight is 293 g/mol. The van der Waals surface area contributed by atoms with Crippen LogP contribution < -0.4 is 10.1 Å². The summed E-state index contributed by atoms with van der Waals surface area (Å²) < 4.78 is 11.4. The number of hydrogen-bond acceptors (Lipinski definition) is 3. The molecule has 0 bridgehead atoms. The van der Waals surface area contributed by atoms with Crippen LogP contribution in [0.15, 0.2) is 24.3 Å². The second-order valence-corrected chi connectivity index (χ2v) is 6.28. The van der Waals surface area contributed by atoms with Crippen molar-refractivity contribution >= 4 is 0 Å². The molecule has 1 aromatic rings. The zero-order chi connectivity index (χ0) is 15.5. The minimum atomic E-state index is 0.610. The van der Waals surface area contributed by atoms with Crippen LogP contribution in [0.3, 0.4) is 0 Å². The van der Waals surface area contributed by atoms with Crippen LogP contribution in [-0.4, -0.2) is 26.4 Å². The van der Waals surface area contributed by atoms with Gasteiger partial charge in [0.2, 0.25) is 0 Å². The van der Waals surface area contributed by atoms with Crippen LogP contribution in [0.1, 0.15) is 39.7 Å². The summed E-state index contributed by atoms with van der Waals surface area (Å²) in [5.74, 6) is 2.31.